The summed E-state index contributed by atoms with van der Waals surface area (Å²) in [5.41, 5.74) is 4.33. The predicted molar refractivity (Wildman–Crippen MR) is 114 cm³/mol. The van der Waals surface area contributed by atoms with Crippen LogP contribution < -0.4 is 10.0 Å². The molecule has 0 aliphatic heterocycles. The van der Waals surface area contributed by atoms with Crippen LogP contribution in [0.5, 0.6) is 0 Å². The molecule has 2 aromatic carbocycles. The summed E-state index contributed by atoms with van der Waals surface area (Å²) >= 11 is 0. The van der Waals surface area contributed by atoms with Crippen molar-refractivity contribution in [2.75, 3.05) is 10.0 Å². The molecule has 0 bridgehead atoms. The Morgan fingerprint density at radius 3 is 2.11 bits per heavy atom. The molecule has 0 aliphatic carbocycles. The molecule has 0 saturated heterocycles. The maximum absolute atomic E-state index is 13.1. The van der Waals surface area contributed by atoms with Gasteiger partial charge in [-0.1, -0.05) is 29.8 Å². The monoisotopic (exact) mass is 398 g/mol. The molecule has 0 spiro atoms. The van der Waals surface area contributed by atoms with E-state index in [4.69, 9.17) is 0 Å². The number of anilines is 3. The highest BCUT2D eigenvalue weighted by molar-refractivity contribution is 7.92. The van der Waals surface area contributed by atoms with Gasteiger partial charge in [-0.3, -0.25) is 9.40 Å². The quantitative estimate of drug-likeness (QED) is 0.617. The highest BCUT2D eigenvalue weighted by Gasteiger charge is 2.26. The molecule has 6 nitrogen and oxygen atoms in total. The van der Waals surface area contributed by atoms with Crippen LogP contribution in [-0.4, -0.2) is 18.2 Å². The van der Waals surface area contributed by atoms with Crippen molar-refractivity contribution in [1.82, 2.24) is 9.78 Å². The van der Waals surface area contributed by atoms with Crippen molar-refractivity contribution in [1.29, 1.82) is 0 Å². The standard InChI is InChI=1S/C21H26N4O2S/c1-14(2)25-17(5)21(16(4)23-25)28(26,27)24-20-9-7-6-8-19(20)22-18-12-10-15(3)11-13-18/h6-14,22,24H,1-5H3. The zero-order chi connectivity index (χ0) is 20.5. The molecule has 28 heavy (non-hydrogen) atoms. The summed E-state index contributed by atoms with van der Waals surface area (Å²) in [6.45, 7) is 9.48. The van der Waals surface area contributed by atoms with Crippen molar-refractivity contribution in [2.24, 2.45) is 0 Å². The fourth-order valence-corrected chi connectivity index (χ4v) is 4.69. The van der Waals surface area contributed by atoms with Gasteiger partial charge in [-0.25, -0.2) is 8.42 Å². The first-order valence-electron chi connectivity index (χ1n) is 9.20. The Morgan fingerprint density at radius 1 is 0.929 bits per heavy atom. The smallest absolute Gasteiger partial charge is 0.265 e. The van der Waals surface area contributed by atoms with Crippen molar-refractivity contribution < 1.29 is 8.42 Å². The second-order valence-corrected chi connectivity index (χ2v) is 8.80. The molecular formula is C21H26N4O2S. The van der Waals surface area contributed by atoms with Gasteiger partial charge in [-0.05, 0) is 58.9 Å². The predicted octanol–water partition coefficient (Wildman–Crippen LogP) is 4.93. The molecule has 3 aromatic rings. The number of hydrogen-bond acceptors (Lipinski definition) is 4. The van der Waals surface area contributed by atoms with Crippen molar-refractivity contribution in [3.8, 4) is 0 Å². The molecule has 2 N–H and O–H groups in total. The lowest BCUT2D eigenvalue weighted by atomic mass is 10.2. The van der Waals surface area contributed by atoms with Crippen molar-refractivity contribution in [2.45, 2.75) is 45.6 Å². The van der Waals surface area contributed by atoms with E-state index in [1.807, 2.05) is 57.2 Å². The van der Waals surface area contributed by atoms with Crippen LogP contribution >= 0.6 is 0 Å². The van der Waals surface area contributed by atoms with Gasteiger partial charge in [0.1, 0.15) is 4.90 Å². The van der Waals surface area contributed by atoms with Gasteiger partial charge in [0, 0.05) is 11.7 Å². The lowest BCUT2D eigenvalue weighted by Crippen LogP contribution is -2.16. The van der Waals surface area contributed by atoms with Crippen LogP contribution in [0, 0.1) is 20.8 Å². The molecule has 1 heterocycles. The molecule has 0 radical (unpaired) electrons. The average Bonchev–Trinajstić information content (AvgIpc) is 2.94. The van der Waals surface area contributed by atoms with Crippen LogP contribution in [0.15, 0.2) is 53.4 Å². The number of nitrogens with one attached hydrogen (secondary N) is 2. The Balaban J connectivity index is 1.95. The summed E-state index contributed by atoms with van der Waals surface area (Å²) in [5.74, 6) is 0. The van der Waals surface area contributed by atoms with Gasteiger partial charge in [-0.2, -0.15) is 5.10 Å². The third kappa shape index (κ3) is 4.04. The van der Waals surface area contributed by atoms with Crippen LogP contribution in [0.1, 0.15) is 36.8 Å². The molecule has 7 heteroatoms. The lowest BCUT2D eigenvalue weighted by molar-refractivity contribution is 0.514. The van der Waals surface area contributed by atoms with E-state index in [1.165, 1.54) is 0 Å². The number of aryl methyl sites for hydroxylation is 2. The second-order valence-electron chi connectivity index (χ2n) is 7.18. The lowest BCUT2D eigenvalue weighted by Gasteiger charge is -2.15. The van der Waals surface area contributed by atoms with Gasteiger partial charge in [-0.15, -0.1) is 0 Å². The van der Waals surface area contributed by atoms with Gasteiger partial charge >= 0.3 is 0 Å². The Labute approximate surface area is 166 Å². The van der Waals surface area contributed by atoms with E-state index in [9.17, 15) is 8.42 Å². The number of hydrogen-bond donors (Lipinski definition) is 2. The highest BCUT2D eigenvalue weighted by Crippen LogP contribution is 2.30. The highest BCUT2D eigenvalue weighted by atomic mass is 32.2. The summed E-state index contributed by atoms with van der Waals surface area (Å²) < 4.78 is 30.7. The summed E-state index contributed by atoms with van der Waals surface area (Å²) in [4.78, 5) is 0.228. The minimum atomic E-state index is -3.78. The third-order valence-corrected chi connectivity index (χ3v) is 6.14. The van der Waals surface area contributed by atoms with Gasteiger partial charge in [0.2, 0.25) is 0 Å². The topological polar surface area (TPSA) is 76.0 Å². The number of rotatable bonds is 6. The maximum Gasteiger partial charge on any atom is 0.265 e. The Bertz CT molecular complexity index is 1080. The fourth-order valence-electron chi connectivity index (χ4n) is 3.21. The number of nitrogens with zero attached hydrogens (tertiary/aromatic N) is 2. The first-order chi connectivity index (χ1) is 13.2. The molecule has 1 aromatic heterocycles. The van der Waals surface area contributed by atoms with Crippen LogP contribution in [0.25, 0.3) is 0 Å². The summed E-state index contributed by atoms with van der Waals surface area (Å²) in [7, 11) is -3.78. The minimum Gasteiger partial charge on any atom is -0.354 e. The molecule has 0 atom stereocenters. The number of aromatic nitrogens is 2. The zero-order valence-electron chi connectivity index (χ0n) is 16.8. The van der Waals surface area contributed by atoms with E-state index in [-0.39, 0.29) is 10.9 Å². The molecule has 148 valence electrons. The summed E-state index contributed by atoms with van der Waals surface area (Å²) in [6, 6.07) is 15.3. The summed E-state index contributed by atoms with van der Waals surface area (Å²) in [5, 5.41) is 7.68. The van der Waals surface area contributed by atoms with Crippen molar-refractivity contribution in [3.05, 3.63) is 65.5 Å². The zero-order valence-corrected chi connectivity index (χ0v) is 17.6. The van der Waals surface area contributed by atoms with Gasteiger partial charge in [0.05, 0.1) is 22.8 Å². The average molecular weight is 399 g/mol. The van der Waals surface area contributed by atoms with E-state index in [1.54, 1.807) is 30.7 Å². The van der Waals surface area contributed by atoms with E-state index >= 15 is 0 Å². The Morgan fingerprint density at radius 2 is 1.54 bits per heavy atom. The Kier molecular flexibility index (Phi) is 5.47. The van der Waals surface area contributed by atoms with Gasteiger partial charge < -0.3 is 5.32 Å². The normalized spacial score (nSPS) is 11.6. The van der Waals surface area contributed by atoms with Crippen LogP contribution in [0.3, 0.4) is 0 Å². The minimum absolute atomic E-state index is 0.0816. The molecule has 0 saturated carbocycles. The largest absolute Gasteiger partial charge is 0.354 e. The van der Waals surface area contributed by atoms with Gasteiger partial charge in [0.15, 0.2) is 0 Å². The molecule has 0 aliphatic rings. The molecule has 0 amide bonds. The SMILES string of the molecule is Cc1ccc(Nc2ccccc2NS(=O)(=O)c2c(C)nn(C(C)C)c2C)cc1. The van der Waals surface area contributed by atoms with E-state index in [2.05, 4.69) is 15.1 Å². The maximum atomic E-state index is 13.1. The fraction of sp³-hybridized carbons (Fsp3) is 0.286. The molecular weight excluding hydrogens is 372 g/mol. The van der Waals surface area contributed by atoms with E-state index < -0.39 is 10.0 Å². The molecule has 3 rings (SSSR count). The van der Waals surface area contributed by atoms with E-state index in [0.717, 1.165) is 11.3 Å². The first kappa shape index (κ1) is 19.9. The number of para-hydroxylation sites is 2. The Hall–Kier alpha value is -2.80. The summed E-state index contributed by atoms with van der Waals surface area (Å²) in [6.07, 6.45) is 0. The third-order valence-electron chi connectivity index (χ3n) is 4.52. The van der Waals surface area contributed by atoms with Crippen molar-refractivity contribution in [3.63, 3.8) is 0 Å². The van der Waals surface area contributed by atoms with Crippen LogP contribution in [0.2, 0.25) is 0 Å². The van der Waals surface area contributed by atoms with E-state index in [0.29, 0.717) is 22.8 Å². The first-order valence-corrected chi connectivity index (χ1v) is 10.7. The van der Waals surface area contributed by atoms with Gasteiger partial charge in [0.25, 0.3) is 10.0 Å². The second kappa shape index (κ2) is 7.67. The van der Waals surface area contributed by atoms with Crippen LogP contribution in [0.4, 0.5) is 17.1 Å². The van der Waals surface area contributed by atoms with Crippen LogP contribution in [-0.2, 0) is 10.0 Å². The molecule has 0 unspecified atom stereocenters. The number of sulfonamides is 1. The van der Waals surface area contributed by atoms with Crippen molar-refractivity contribution >= 4 is 27.1 Å². The molecule has 0 fully saturated rings. The number of benzene rings is 2.